The first kappa shape index (κ1) is 23.1. The van der Waals surface area contributed by atoms with E-state index in [1.54, 1.807) is 24.3 Å². The number of rotatable bonds is 5. The lowest BCUT2D eigenvalue weighted by Gasteiger charge is -2.32. The maximum absolute atomic E-state index is 13.9. The minimum atomic E-state index is -0.345. The van der Waals surface area contributed by atoms with Crippen LogP contribution >= 0.6 is 15.9 Å². The van der Waals surface area contributed by atoms with E-state index in [0.717, 1.165) is 28.7 Å². The van der Waals surface area contributed by atoms with E-state index in [-0.39, 0.29) is 30.1 Å². The smallest absolute Gasteiger partial charge is 0.253 e. The summed E-state index contributed by atoms with van der Waals surface area (Å²) in [6, 6.07) is 17.4. The molecule has 1 fully saturated rings. The Labute approximate surface area is 201 Å². The first-order valence-electron chi connectivity index (χ1n) is 11.0. The molecule has 0 radical (unpaired) electrons. The number of likely N-dealkylation sites (tertiary alicyclic amines) is 1. The van der Waals surface area contributed by atoms with Crippen LogP contribution in [0, 0.1) is 12.7 Å². The van der Waals surface area contributed by atoms with E-state index in [0.29, 0.717) is 29.8 Å². The summed E-state index contributed by atoms with van der Waals surface area (Å²) >= 11 is 3.42. The van der Waals surface area contributed by atoms with Crippen molar-refractivity contribution in [2.45, 2.75) is 32.2 Å². The predicted molar refractivity (Wildman–Crippen MR) is 129 cm³/mol. The van der Waals surface area contributed by atoms with Gasteiger partial charge in [-0.15, -0.1) is 0 Å². The fourth-order valence-electron chi connectivity index (χ4n) is 4.15. The number of halogens is 2. The Bertz CT molecular complexity index is 1180. The Hall–Kier alpha value is -3.06. The molecule has 4 rings (SSSR count). The van der Waals surface area contributed by atoms with Gasteiger partial charge in [-0.05, 0) is 56.2 Å². The number of benzene rings is 2. The number of amides is 2. The van der Waals surface area contributed by atoms with Gasteiger partial charge in [0, 0.05) is 46.8 Å². The maximum atomic E-state index is 13.9. The summed E-state index contributed by atoms with van der Waals surface area (Å²) in [6.07, 6.45) is 1.45. The Kier molecular flexibility index (Phi) is 7.18. The second-order valence-electron chi connectivity index (χ2n) is 8.24. The summed E-state index contributed by atoms with van der Waals surface area (Å²) in [5.41, 5.74) is 3.18. The number of nitrogens with one attached hydrogen (secondary N) is 1. The minimum absolute atomic E-state index is 0.00908. The molecule has 0 aliphatic carbocycles. The van der Waals surface area contributed by atoms with Crippen LogP contribution in [0.3, 0.4) is 0 Å². The third-order valence-electron chi connectivity index (χ3n) is 5.95. The zero-order valence-corrected chi connectivity index (χ0v) is 19.9. The number of aryl methyl sites for hydroxylation is 1. The second kappa shape index (κ2) is 10.3. The normalized spacial score (nSPS) is 14.2. The number of carbonyl (C=O) groups excluding carboxylic acids is 2. The van der Waals surface area contributed by atoms with Crippen molar-refractivity contribution < 1.29 is 14.0 Å². The molecule has 1 aromatic heterocycles. The van der Waals surface area contributed by atoms with Crippen molar-refractivity contribution in [2.75, 3.05) is 13.1 Å². The lowest BCUT2D eigenvalue weighted by Crippen LogP contribution is -2.38. The van der Waals surface area contributed by atoms with E-state index in [4.69, 9.17) is 0 Å². The van der Waals surface area contributed by atoms with Gasteiger partial charge in [0.25, 0.3) is 11.8 Å². The molecule has 0 atom stereocenters. The summed E-state index contributed by atoms with van der Waals surface area (Å²) in [4.78, 5) is 32.4. The summed E-state index contributed by atoms with van der Waals surface area (Å²) in [5, 5.41) is 2.82. The van der Waals surface area contributed by atoms with Crippen LogP contribution in [0.2, 0.25) is 0 Å². The topological polar surface area (TPSA) is 62.3 Å². The van der Waals surface area contributed by atoms with Crippen LogP contribution in [0.15, 0.2) is 65.1 Å². The van der Waals surface area contributed by atoms with Crippen molar-refractivity contribution in [1.29, 1.82) is 0 Å². The average molecular weight is 510 g/mol. The first-order valence-corrected chi connectivity index (χ1v) is 11.8. The molecular weight excluding hydrogens is 485 g/mol. The quantitative estimate of drug-likeness (QED) is 0.511. The average Bonchev–Trinajstić information content (AvgIpc) is 2.83. The minimum Gasteiger partial charge on any atom is -0.348 e. The van der Waals surface area contributed by atoms with E-state index >= 15 is 0 Å². The third-order valence-corrected chi connectivity index (χ3v) is 6.44. The summed E-state index contributed by atoms with van der Waals surface area (Å²) in [7, 11) is 0. The Balaban J connectivity index is 1.45. The van der Waals surface area contributed by atoms with Crippen molar-refractivity contribution in [3.05, 3.63) is 99.0 Å². The molecule has 2 aromatic carbocycles. The molecule has 0 saturated carbocycles. The molecule has 5 nitrogen and oxygen atoms in total. The third kappa shape index (κ3) is 5.47. The number of pyridine rings is 1. The van der Waals surface area contributed by atoms with Crippen LogP contribution in [0.25, 0.3) is 0 Å². The molecule has 7 heteroatoms. The number of nitrogens with zero attached hydrogens (tertiary/aromatic N) is 2. The SMILES string of the molecule is Cc1ccc(C(=O)NCc2ccccc2F)c(C2CCN(C(=O)c3cccc(Br)c3)CC2)n1. The highest BCUT2D eigenvalue weighted by molar-refractivity contribution is 9.10. The molecule has 0 unspecified atom stereocenters. The lowest BCUT2D eigenvalue weighted by atomic mass is 9.89. The molecule has 1 aliphatic heterocycles. The van der Waals surface area contributed by atoms with Gasteiger partial charge in [-0.2, -0.15) is 0 Å². The molecule has 2 heterocycles. The van der Waals surface area contributed by atoms with Crippen LogP contribution in [0.5, 0.6) is 0 Å². The van der Waals surface area contributed by atoms with Crippen LogP contribution in [-0.4, -0.2) is 34.8 Å². The van der Waals surface area contributed by atoms with Gasteiger partial charge in [-0.3, -0.25) is 14.6 Å². The highest BCUT2D eigenvalue weighted by atomic mass is 79.9. The number of aromatic nitrogens is 1. The van der Waals surface area contributed by atoms with Gasteiger partial charge >= 0.3 is 0 Å². The van der Waals surface area contributed by atoms with Gasteiger partial charge < -0.3 is 10.2 Å². The van der Waals surface area contributed by atoms with E-state index in [2.05, 4.69) is 26.2 Å². The van der Waals surface area contributed by atoms with Crippen LogP contribution in [-0.2, 0) is 6.54 Å². The van der Waals surface area contributed by atoms with E-state index < -0.39 is 0 Å². The lowest BCUT2D eigenvalue weighted by molar-refractivity contribution is 0.0710. The van der Waals surface area contributed by atoms with Gasteiger partial charge in [0.05, 0.1) is 11.3 Å². The van der Waals surface area contributed by atoms with Crippen LogP contribution in [0.4, 0.5) is 4.39 Å². The van der Waals surface area contributed by atoms with Crippen molar-refractivity contribution in [3.63, 3.8) is 0 Å². The molecule has 0 spiro atoms. The number of hydrogen-bond acceptors (Lipinski definition) is 3. The largest absolute Gasteiger partial charge is 0.348 e. The fraction of sp³-hybridized carbons (Fsp3) is 0.269. The maximum Gasteiger partial charge on any atom is 0.253 e. The van der Waals surface area contributed by atoms with Crippen LogP contribution < -0.4 is 5.32 Å². The Morgan fingerprint density at radius 3 is 2.58 bits per heavy atom. The van der Waals surface area contributed by atoms with Gasteiger partial charge in [0.1, 0.15) is 5.82 Å². The molecule has 3 aromatic rings. The van der Waals surface area contributed by atoms with Gasteiger partial charge in [0.2, 0.25) is 0 Å². The summed E-state index contributed by atoms with van der Waals surface area (Å²) in [6.45, 7) is 3.21. The molecule has 1 aliphatic rings. The molecule has 0 bridgehead atoms. The fourth-order valence-corrected chi connectivity index (χ4v) is 4.55. The number of carbonyl (C=O) groups is 2. The first-order chi connectivity index (χ1) is 15.9. The van der Waals surface area contributed by atoms with Crippen LogP contribution in [0.1, 0.15) is 56.4 Å². The molecular formula is C26H25BrFN3O2. The van der Waals surface area contributed by atoms with Crippen molar-refractivity contribution in [1.82, 2.24) is 15.2 Å². The zero-order chi connectivity index (χ0) is 23.4. The van der Waals surface area contributed by atoms with E-state index in [1.165, 1.54) is 6.07 Å². The van der Waals surface area contributed by atoms with Crippen molar-refractivity contribution in [2.24, 2.45) is 0 Å². The standard InChI is InChI=1S/C26H25BrFN3O2/c1-17-9-10-22(25(32)29-16-20-5-2-3-8-23(20)28)24(30-17)18-11-13-31(14-12-18)26(33)19-6-4-7-21(27)15-19/h2-10,15,18H,11-14,16H2,1H3,(H,29,32). The molecule has 170 valence electrons. The second-order valence-corrected chi connectivity index (χ2v) is 9.15. The number of hydrogen-bond donors (Lipinski definition) is 1. The van der Waals surface area contributed by atoms with Crippen molar-refractivity contribution >= 4 is 27.7 Å². The molecule has 1 N–H and O–H groups in total. The number of piperidine rings is 1. The van der Waals surface area contributed by atoms with E-state index in [1.807, 2.05) is 42.2 Å². The summed E-state index contributed by atoms with van der Waals surface area (Å²) < 4.78 is 14.8. The molecule has 33 heavy (non-hydrogen) atoms. The van der Waals surface area contributed by atoms with Gasteiger partial charge in [-0.1, -0.05) is 40.2 Å². The Morgan fingerprint density at radius 1 is 1.09 bits per heavy atom. The van der Waals surface area contributed by atoms with Crippen molar-refractivity contribution in [3.8, 4) is 0 Å². The highest BCUT2D eigenvalue weighted by Crippen LogP contribution is 2.30. The monoisotopic (exact) mass is 509 g/mol. The van der Waals surface area contributed by atoms with Gasteiger partial charge in [0.15, 0.2) is 0 Å². The molecule has 2 amide bonds. The predicted octanol–water partition coefficient (Wildman–Crippen LogP) is 5.24. The summed E-state index contributed by atoms with van der Waals surface area (Å²) in [5.74, 6) is -0.531. The van der Waals surface area contributed by atoms with E-state index in [9.17, 15) is 14.0 Å². The zero-order valence-electron chi connectivity index (χ0n) is 18.4. The van der Waals surface area contributed by atoms with Gasteiger partial charge in [-0.25, -0.2) is 4.39 Å². The highest BCUT2D eigenvalue weighted by Gasteiger charge is 2.28. The molecule has 1 saturated heterocycles. The Morgan fingerprint density at radius 2 is 1.85 bits per heavy atom.